The van der Waals surface area contributed by atoms with Gasteiger partial charge >= 0.3 is 39.5 Å². The molecule has 0 saturated carbocycles. The highest BCUT2D eigenvalue weighted by Gasteiger charge is 2.31. The molecule has 0 radical (unpaired) electrons. The summed E-state index contributed by atoms with van der Waals surface area (Å²) in [6.07, 6.45) is 77.8. The Morgan fingerprint density at radius 3 is 0.685 bits per heavy atom. The molecule has 0 rings (SSSR count). The zero-order valence-electron chi connectivity index (χ0n) is 73.3. The Morgan fingerprint density at radius 2 is 0.459 bits per heavy atom. The van der Waals surface area contributed by atoms with Gasteiger partial charge in [-0.15, -0.1) is 0 Å². The van der Waals surface area contributed by atoms with Gasteiger partial charge in [0.2, 0.25) is 0 Å². The van der Waals surface area contributed by atoms with E-state index in [2.05, 4.69) is 41.5 Å². The first-order chi connectivity index (χ1) is 53.9. The van der Waals surface area contributed by atoms with E-state index in [4.69, 9.17) is 37.0 Å². The standard InChI is InChI=1S/C92H180O17P2/c1-7-10-12-14-16-18-20-22-24-26-28-29-34-37-41-45-49-56-62-68-74-89(94)102-80-87(108-91(96)76-71-65-59-51-47-43-39-35-31-30-32-36-40-44-48-54-60-66-72-84(4)5)82-106-110(98,99)104-78-86(93)79-105-111(100,101)107-83-88(81-103-90(95)75-69-63-57-53-52-55-61-67-73-85(6)9-3)109-92(97)77-70-64-58-50-46-42-38-33-27-25-23-21-19-17-15-13-11-8-2/h84-88,93H,7-83H2,1-6H3,(H,98,99)(H,100,101)/t85?,86-,87-,88-/m1/s1. The van der Waals surface area contributed by atoms with E-state index in [-0.39, 0.29) is 25.7 Å². The molecule has 0 saturated heterocycles. The predicted molar refractivity (Wildman–Crippen MR) is 460 cm³/mol. The second kappa shape index (κ2) is 83.1. The number of phosphoric ester groups is 2. The quantitative estimate of drug-likeness (QED) is 0.0222. The van der Waals surface area contributed by atoms with Crippen LogP contribution in [-0.2, 0) is 65.4 Å². The van der Waals surface area contributed by atoms with Gasteiger partial charge in [0.05, 0.1) is 26.4 Å². The lowest BCUT2D eigenvalue weighted by atomic mass is 9.99. The number of phosphoric acid groups is 2. The zero-order valence-corrected chi connectivity index (χ0v) is 75.1. The molecule has 0 fully saturated rings. The summed E-state index contributed by atoms with van der Waals surface area (Å²) >= 11 is 0. The second-order valence-corrected chi connectivity index (χ2v) is 36.7. The number of hydrogen-bond acceptors (Lipinski definition) is 15. The molecule has 0 heterocycles. The summed E-state index contributed by atoms with van der Waals surface area (Å²) in [4.78, 5) is 73.5. The van der Waals surface area contributed by atoms with Crippen molar-refractivity contribution in [3.63, 3.8) is 0 Å². The van der Waals surface area contributed by atoms with Crippen molar-refractivity contribution in [3.8, 4) is 0 Å². The SMILES string of the molecule is CCCCCCCCCCCCCCCCCCCCCCC(=O)OC[C@H](COP(=O)(O)OC[C@@H](O)COP(=O)(O)OC[C@@H](COC(=O)CCCCCCCCCCC(C)CC)OC(=O)CCCCCCCCCCCCCCCCCCCC)OC(=O)CCCCCCCCCCCCCCCCCCCCC(C)C. The van der Waals surface area contributed by atoms with Crippen LogP contribution in [0.15, 0.2) is 0 Å². The topological polar surface area (TPSA) is 237 Å². The van der Waals surface area contributed by atoms with Gasteiger partial charge in [0, 0.05) is 25.7 Å². The van der Waals surface area contributed by atoms with Gasteiger partial charge in [0.25, 0.3) is 0 Å². The minimum atomic E-state index is -4.97. The van der Waals surface area contributed by atoms with Crippen molar-refractivity contribution >= 4 is 39.5 Å². The maximum atomic E-state index is 13.2. The molecule has 0 amide bonds. The van der Waals surface area contributed by atoms with Crippen LogP contribution in [-0.4, -0.2) is 96.7 Å². The summed E-state index contributed by atoms with van der Waals surface area (Å²) in [5.41, 5.74) is 0. The highest BCUT2D eigenvalue weighted by Crippen LogP contribution is 2.45. The zero-order chi connectivity index (χ0) is 81.3. The number of ether oxygens (including phenoxy) is 4. The number of aliphatic hydroxyl groups is 1. The Hall–Kier alpha value is -1.94. The minimum absolute atomic E-state index is 0.109. The van der Waals surface area contributed by atoms with E-state index < -0.39 is 97.5 Å². The van der Waals surface area contributed by atoms with Gasteiger partial charge in [0.1, 0.15) is 19.3 Å². The fourth-order valence-corrected chi connectivity index (χ4v) is 16.0. The summed E-state index contributed by atoms with van der Waals surface area (Å²) in [6.45, 7) is 9.75. The molecule has 19 heteroatoms. The number of unbranched alkanes of at least 4 members (excludes halogenated alkanes) is 60. The Morgan fingerprint density at radius 1 is 0.261 bits per heavy atom. The molecule has 111 heavy (non-hydrogen) atoms. The molecule has 0 spiro atoms. The number of esters is 4. The molecule has 3 N–H and O–H groups in total. The summed E-state index contributed by atoms with van der Waals surface area (Å²) in [5.74, 6) is -0.497. The number of rotatable bonds is 91. The van der Waals surface area contributed by atoms with Crippen LogP contribution in [0.4, 0.5) is 0 Å². The van der Waals surface area contributed by atoms with Gasteiger partial charge in [-0.3, -0.25) is 37.3 Å². The van der Waals surface area contributed by atoms with Gasteiger partial charge in [-0.2, -0.15) is 0 Å². The molecule has 0 aliphatic rings. The summed E-state index contributed by atoms with van der Waals surface area (Å²) in [7, 11) is -9.94. The molecule has 3 unspecified atom stereocenters. The molecule has 6 atom stereocenters. The van der Waals surface area contributed by atoms with Crippen LogP contribution in [0.3, 0.4) is 0 Å². The Labute approximate surface area is 683 Å². The van der Waals surface area contributed by atoms with Crippen molar-refractivity contribution in [1.82, 2.24) is 0 Å². The first-order valence-electron chi connectivity index (χ1n) is 47.5. The van der Waals surface area contributed by atoms with E-state index in [1.807, 2.05) is 0 Å². The fraction of sp³-hybridized carbons (Fsp3) is 0.957. The van der Waals surface area contributed by atoms with E-state index in [0.29, 0.717) is 25.7 Å². The van der Waals surface area contributed by atoms with Crippen LogP contribution in [0.2, 0.25) is 0 Å². The van der Waals surface area contributed by atoms with Gasteiger partial charge in [0.15, 0.2) is 12.2 Å². The fourth-order valence-electron chi connectivity index (χ4n) is 14.4. The molecule has 0 aromatic carbocycles. The van der Waals surface area contributed by atoms with Crippen LogP contribution < -0.4 is 0 Å². The van der Waals surface area contributed by atoms with Crippen LogP contribution in [0, 0.1) is 11.8 Å². The maximum Gasteiger partial charge on any atom is 0.472 e. The Bertz CT molecular complexity index is 2120. The lowest BCUT2D eigenvalue weighted by Gasteiger charge is -2.21. The average molecular weight is 1620 g/mol. The summed E-state index contributed by atoms with van der Waals surface area (Å²) in [5, 5.41) is 10.7. The smallest absolute Gasteiger partial charge is 0.462 e. The number of aliphatic hydroxyl groups excluding tert-OH is 1. The molecule has 0 aliphatic heterocycles. The molecule has 0 bridgehead atoms. The van der Waals surface area contributed by atoms with Gasteiger partial charge in [-0.25, -0.2) is 9.13 Å². The van der Waals surface area contributed by atoms with Gasteiger partial charge < -0.3 is 33.8 Å². The third-order valence-electron chi connectivity index (χ3n) is 22.1. The third kappa shape index (κ3) is 84.3. The molecule has 660 valence electrons. The largest absolute Gasteiger partial charge is 0.472 e. The second-order valence-electron chi connectivity index (χ2n) is 33.8. The van der Waals surface area contributed by atoms with E-state index in [1.54, 1.807) is 0 Å². The van der Waals surface area contributed by atoms with Crippen molar-refractivity contribution < 1.29 is 80.2 Å². The van der Waals surface area contributed by atoms with E-state index in [1.165, 1.54) is 315 Å². The van der Waals surface area contributed by atoms with Gasteiger partial charge in [-0.05, 0) is 37.5 Å². The van der Waals surface area contributed by atoms with Crippen molar-refractivity contribution in [2.75, 3.05) is 39.6 Å². The van der Waals surface area contributed by atoms with Crippen LogP contribution in [0.1, 0.15) is 497 Å². The van der Waals surface area contributed by atoms with Crippen molar-refractivity contribution in [2.45, 2.75) is 516 Å². The number of hydrogen-bond donors (Lipinski definition) is 3. The highest BCUT2D eigenvalue weighted by molar-refractivity contribution is 7.47. The molecule has 17 nitrogen and oxygen atoms in total. The van der Waals surface area contributed by atoms with Crippen LogP contribution in [0.5, 0.6) is 0 Å². The van der Waals surface area contributed by atoms with Crippen molar-refractivity contribution in [3.05, 3.63) is 0 Å². The predicted octanol–water partition coefficient (Wildman–Crippen LogP) is 28.6. The molecular weight excluding hydrogens is 1440 g/mol. The van der Waals surface area contributed by atoms with Crippen LogP contribution >= 0.6 is 15.6 Å². The monoisotopic (exact) mass is 1620 g/mol. The number of carbonyl (C=O) groups is 4. The highest BCUT2D eigenvalue weighted by atomic mass is 31.2. The first-order valence-corrected chi connectivity index (χ1v) is 50.5. The minimum Gasteiger partial charge on any atom is -0.462 e. The Kier molecular flexibility index (Phi) is 81.7. The summed E-state index contributed by atoms with van der Waals surface area (Å²) < 4.78 is 69.1. The lowest BCUT2D eigenvalue weighted by Crippen LogP contribution is -2.30. The average Bonchev–Trinajstić information content (AvgIpc) is 0.903. The van der Waals surface area contributed by atoms with Crippen LogP contribution in [0.25, 0.3) is 0 Å². The van der Waals surface area contributed by atoms with Crippen molar-refractivity contribution in [1.29, 1.82) is 0 Å². The van der Waals surface area contributed by atoms with Crippen molar-refractivity contribution in [2.24, 2.45) is 11.8 Å². The summed E-state index contributed by atoms with van der Waals surface area (Å²) in [6, 6.07) is 0. The normalized spacial score (nSPS) is 14.0. The number of carbonyl (C=O) groups excluding carboxylic acids is 4. The molecule has 0 aromatic rings. The lowest BCUT2D eigenvalue weighted by molar-refractivity contribution is -0.161. The van der Waals surface area contributed by atoms with E-state index in [0.717, 1.165) is 102 Å². The molecule has 0 aliphatic carbocycles. The van der Waals surface area contributed by atoms with E-state index in [9.17, 15) is 43.2 Å². The molecular formula is C92H180O17P2. The first kappa shape index (κ1) is 109. The Balaban J connectivity index is 5.25. The third-order valence-corrected chi connectivity index (χ3v) is 24.0. The van der Waals surface area contributed by atoms with E-state index >= 15 is 0 Å². The maximum absolute atomic E-state index is 13.2. The molecule has 0 aromatic heterocycles. The van der Waals surface area contributed by atoms with Gasteiger partial charge in [-0.1, -0.05) is 446 Å².